The van der Waals surface area contributed by atoms with E-state index in [4.69, 9.17) is 0 Å². The van der Waals surface area contributed by atoms with E-state index in [-0.39, 0.29) is 17.0 Å². The summed E-state index contributed by atoms with van der Waals surface area (Å²) in [6.45, 7) is 0. The second-order valence-corrected chi connectivity index (χ2v) is 5.51. The molecule has 1 aliphatic carbocycles. The number of H-pyrrole nitrogens is 1. The quantitative estimate of drug-likeness (QED) is 0.783. The highest BCUT2D eigenvalue weighted by molar-refractivity contribution is 5.97. The number of benzene rings is 1. The van der Waals surface area contributed by atoms with Gasteiger partial charge in [0.05, 0.1) is 12.1 Å². The van der Waals surface area contributed by atoms with Gasteiger partial charge in [-0.25, -0.2) is 0 Å². The van der Waals surface area contributed by atoms with Crippen LogP contribution in [0.1, 0.15) is 36.0 Å². The molecule has 5 nitrogen and oxygen atoms in total. The molecule has 21 heavy (non-hydrogen) atoms. The number of aliphatic hydroxyl groups is 1. The minimum atomic E-state index is -0.526. The number of fused-ring (bicyclic) bond motifs is 1. The minimum Gasteiger partial charge on any atom is -0.391 e. The highest BCUT2D eigenvalue weighted by Gasteiger charge is 2.25. The maximum absolute atomic E-state index is 12.3. The lowest BCUT2D eigenvalue weighted by Gasteiger charge is -2.28. The van der Waals surface area contributed by atoms with Gasteiger partial charge in [-0.1, -0.05) is 25.0 Å². The third-order valence-electron chi connectivity index (χ3n) is 4.08. The predicted octanol–water partition coefficient (Wildman–Crippen LogP) is 1.56. The fraction of sp³-hybridized carbons (Fsp3) is 0.375. The molecule has 1 saturated carbocycles. The van der Waals surface area contributed by atoms with Crippen molar-refractivity contribution >= 4 is 16.8 Å². The number of hydrogen-bond donors (Lipinski definition) is 3. The molecular weight excluding hydrogens is 268 g/mol. The van der Waals surface area contributed by atoms with Crippen LogP contribution in [0.2, 0.25) is 0 Å². The van der Waals surface area contributed by atoms with Gasteiger partial charge in [0.25, 0.3) is 5.91 Å². The number of rotatable bonds is 2. The van der Waals surface area contributed by atoms with Gasteiger partial charge in [-0.05, 0) is 25.0 Å². The molecule has 3 N–H and O–H groups in total. The molecule has 1 heterocycles. The third-order valence-corrected chi connectivity index (χ3v) is 4.08. The molecule has 1 amide bonds. The van der Waals surface area contributed by atoms with Crippen molar-refractivity contribution in [2.45, 2.75) is 37.8 Å². The van der Waals surface area contributed by atoms with Crippen molar-refractivity contribution in [3.63, 3.8) is 0 Å². The lowest BCUT2D eigenvalue weighted by Crippen LogP contribution is -2.46. The lowest BCUT2D eigenvalue weighted by molar-refractivity contribution is 0.0716. The first-order valence-corrected chi connectivity index (χ1v) is 7.26. The summed E-state index contributed by atoms with van der Waals surface area (Å²) in [5, 5.41) is 13.2. The Morgan fingerprint density at radius 2 is 2.00 bits per heavy atom. The van der Waals surface area contributed by atoms with Crippen LogP contribution in [0.4, 0.5) is 0 Å². The number of aromatic amines is 1. The van der Waals surface area contributed by atoms with Gasteiger partial charge in [-0.2, -0.15) is 0 Å². The van der Waals surface area contributed by atoms with Crippen LogP contribution < -0.4 is 10.7 Å². The molecule has 1 aromatic carbocycles. The average molecular weight is 286 g/mol. The zero-order valence-corrected chi connectivity index (χ0v) is 11.6. The van der Waals surface area contributed by atoms with Crippen molar-refractivity contribution in [2.24, 2.45) is 0 Å². The van der Waals surface area contributed by atoms with E-state index >= 15 is 0 Å². The summed E-state index contributed by atoms with van der Waals surface area (Å²) in [6, 6.07) is 6.82. The number of hydrogen-bond acceptors (Lipinski definition) is 3. The van der Waals surface area contributed by atoms with Crippen molar-refractivity contribution in [1.29, 1.82) is 0 Å². The number of nitrogens with one attached hydrogen (secondary N) is 2. The van der Waals surface area contributed by atoms with Gasteiger partial charge in [0, 0.05) is 17.1 Å². The maximum atomic E-state index is 12.3. The zero-order valence-electron chi connectivity index (χ0n) is 11.6. The minimum absolute atomic E-state index is 0.0893. The molecule has 2 aromatic rings. The molecule has 0 spiro atoms. The van der Waals surface area contributed by atoms with Gasteiger partial charge >= 0.3 is 0 Å². The molecule has 0 radical (unpaired) electrons. The molecule has 1 fully saturated rings. The fourth-order valence-electron chi connectivity index (χ4n) is 2.86. The summed E-state index contributed by atoms with van der Waals surface area (Å²) in [7, 11) is 0. The third kappa shape index (κ3) is 2.69. The summed E-state index contributed by atoms with van der Waals surface area (Å²) >= 11 is 0. The number of carbonyl (C=O) groups is 1. The Hall–Kier alpha value is -2.14. The summed E-state index contributed by atoms with van der Waals surface area (Å²) < 4.78 is 0. The zero-order chi connectivity index (χ0) is 14.8. The molecule has 5 heteroatoms. The van der Waals surface area contributed by atoms with Gasteiger partial charge in [-0.3, -0.25) is 9.59 Å². The van der Waals surface area contributed by atoms with Crippen molar-refractivity contribution in [3.8, 4) is 0 Å². The number of carbonyl (C=O) groups excluding carboxylic acids is 1. The molecule has 0 bridgehead atoms. The topological polar surface area (TPSA) is 82.2 Å². The first-order chi connectivity index (χ1) is 10.2. The number of aliphatic hydroxyl groups excluding tert-OH is 1. The first-order valence-electron chi connectivity index (χ1n) is 7.26. The summed E-state index contributed by atoms with van der Waals surface area (Å²) in [4.78, 5) is 27.6. The van der Waals surface area contributed by atoms with E-state index in [0.29, 0.717) is 17.3 Å². The van der Waals surface area contributed by atoms with Gasteiger partial charge in [0.2, 0.25) is 5.43 Å². The Morgan fingerprint density at radius 1 is 1.24 bits per heavy atom. The van der Waals surface area contributed by atoms with E-state index < -0.39 is 12.0 Å². The fourth-order valence-corrected chi connectivity index (χ4v) is 2.86. The second kappa shape index (κ2) is 5.69. The number of amides is 1. The van der Waals surface area contributed by atoms with Crippen LogP contribution in [-0.4, -0.2) is 28.1 Å². The van der Waals surface area contributed by atoms with Crippen LogP contribution in [0.3, 0.4) is 0 Å². The highest BCUT2D eigenvalue weighted by Crippen LogP contribution is 2.18. The number of para-hydroxylation sites is 1. The molecular formula is C16H18N2O3. The average Bonchev–Trinajstić information content (AvgIpc) is 2.50. The Morgan fingerprint density at radius 3 is 2.81 bits per heavy atom. The maximum Gasteiger partial charge on any atom is 0.257 e. The Bertz CT molecular complexity index is 723. The number of pyridine rings is 1. The van der Waals surface area contributed by atoms with Crippen molar-refractivity contribution < 1.29 is 9.90 Å². The van der Waals surface area contributed by atoms with E-state index in [1.165, 1.54) is 6.20 Å². The van der Waals surface area contributed by atoms with E-state index in [1.54, 1.807) is 18.2 Å². The van der Waals surface area contributed by atoms with Gasteiger partial charge < -0.3 is 15.4 Å². The molecule has 3 rings (SSSR count). The van der Waals surface area contributed by atoms with Crippen LogP contribution in [0.5, 0.6) is 0 Å². The molecule has 110 valence electrons. The molecule has 2 atom stereocenters. The molecule has 0 saturated heterocycles. The van der Waals surface area contributed by atoms with Gasteiger partial charge in [0.1, 0.15) is 5.56 Å². The number of aromatic nitrogens is 1. The molecule has 0 aliphatic heterocycles. The largest absolute Gasteiger partial charge is 0.391 e. The van der Waals surface area contributed by atoms with Crippen LogP contribution >= 0.6 is 0 Å². The van der Waals surface area contributed by atoms with Crippen molar-refractivity contribution in [3.05, 3.63) is 46.2 Å². The molecule has 0 unspecified atom stereocenters. The van der Waals surface area contributed by atoms with Crippen LogP contribution in [0.25, 0.3) is 10.9 Å². The molecule has 1 aromatic heterocycles. The Balaban J connectivity index is 1.88. The van der Waals surface area contributed by atoms with E-state index in [1.807, 2.05) is 6.07 Å². The van der Waals surface area contributed by atoms with E-state index in [2.05, 4.69) is 10.3 Å². The van der Waals surface area contributed by atoms with Crippen molar-refractivity contribution in [1.82, 2.24) is 10.3 Å². The SMILES string of the molecule is O=C(N[C@H]1CCCC[C@@H]1O)c1c[nH]c2ccccc2c1=O. The summed E-state index contributed by atoms with van der Waals surface area (Å²) in [5.74, 6) is -0.423. The van der Waals surface area contributed by atoms with Crippen LogP contribution in [0.15, 0.2) is 35.3 Å². The van der Waals surface area contributed by atoms with Gasteiger partial charge in [-0.15, -0.1) is 0 Å². The van der Waals surface area contributed by atoms with Crippen LogP contribution in [-0.2, 0) is 0 Å². The monoisotopic (exact) mass is 286 g/mol. The van der Waals surface area contributed by atoms with Gasteiger partial charge in [0.15, 0.2) is 0 Å². The van der Waals surface area contributed by atoms with Crippen molar-refractivity contribution in [2.75, 3.05) is 0 Å². The lowest BCUT2D eigenvalue weighted by atomic mass is 9.92. The highest BCUT2D eigenvalue weighted by atomic mass is 16.3. The Kier molecular flexibility index (Phi) is 3.75. The standard InChI is InChI=1S/C16H18N2O3/c19-14-8-4-3-7-13(14)18-16(21)11-9-17-12-6-2-1-5-10(12)15(11)20/h1-2,5-6,9,13-14,19H,3-4,7-8H2,(H,17,20)(H,18,21)/t13-,14-/m0/s1. The summed E-state index contributed by atoms with van der Waals surface area (Å²) in [6.07, 6.45) is 4.31. The smallest absolute Gasteiger partial charge is 0.257 e. The Labute approximate surface area is 122 Å². The van der Waals surface area contributed by atoms with E-state index in [0.717, 1.165) is 19.3 Å². The first kappa shape index (κ1) is 13.8. The second-order valence-electron chi connectivity index (χ2n) is 5.51. The molecule has 1 aliphatic rings. The van der Waals surface area contributed by atoms with E-state index in [9.17, 15) is 14.7 Å². The van der Waals surface area contributed by atoms with Crippen LogP contribution in [0, 0.1) is 0 Å². The normalized spacial score (nSPS) is 22.1. The predicted molar refractivity (Wildman–Crippen MR) is 80.3 cm³/mol. The summed E-state index contributed by atoms with van der Waals surface area (Å²) in [5.41, 5.74) is 0.510.